The summed E-state index contributed by atoms with van der Waals surface area (Å²) in [6.07, 6.45) is 1.74. The third kappa shape index (κ3) is 3.13. The molecule has 4 nitrogen and oxygen atoms in total. The van der Waals surface area contributed by atoms with Crippen LogP contribution in [0.1, 0.15) is 10.4 Å². The Morgan fingerprint density at radius 2 is 1.86 bits per heavy atom. The Kier molecular flexibility index (Phi) is 4.13. The highest BCUT2D eigenvalue weighted by molar-refractivity contribution is 6.42. The Labute approximate surface area is 137 Å². The van der Waals surface area contributed by atoms with Crippen LogP contribution in [0.3, 0.4) is 0 Å². The number of carbonyl (C=O) groups excluding carboxylic acids is 1. The van der Waals surface area contributed by atoms with Gasteiger partial charge in [0.25, 0.3) is 5.91 Å². The van der Waals surface area contributed by atoms with E-state index in [0.717, 1.165) is 16.6 Å². The predicted molar refractivity (Wildman–Crippen MR) is 89.3 cm³/mol. The summed E-state index contributed by atoms with van der Waals surface area (Å²) in [4.78, 5) is 16.3. The number of nitrogens with zero attached hydrogens (tertiary/aromatic N) is 1. The average Bonchev–Trinajstić information content (AvgIpc) is 2.55. The van der Waals surface area contributed by atoms with E-state index in [2.05, 4.69) is 15.8 Å². The molecule has 0 saturated heterocycles. The van der Waals surface area contributed by atoms with E-state index in [0.29, 0.717) is 15.6 Å². The van der Waals surface area contributed by atoms with E-state index in [9.17, 15) is 4.79 Å². The van der Waals surface area contributed by atoms with Gasteiger partial charge in [0.05, 0.1) is 21.2 Å². The van der Waals surface area contributed by atoms with Gasteiger partial charge in [0.1, 0.15) is 0 Å². The number of hydrogen-bond donors (Lipinski definition) is 2. The van der Waals surface area contributed by atoms with Gasteiger partial charge in [0.15, 0.2) is 0 Å². The number of halogens is 2. The van der Waals surface area contributed by atoms with Gasteiger partial charge in [0, 0.05) is 17.1 Å². The highest BCUT2D eigenvalue weighted by Crippen LogP contribution is 2.22. The minimum absolute atomic E-state index is 0.301. The minimum Gasteiger partial charge on any atom is -0.298 e. The van der Waals surface area contributed by atoms with Crippen molar-refractivity contribution in [1.82, 2.24) is 10.4 Å². The van der Waals surface area contributed by atoms with Crippen molar-refractivity contribution in [3.8, 4) is 0 Å². The molecule has 110 valence electrons. The Hall–Kier alpha value is -2.30. The topological polar surface area (TPSA) is 54.0 Å². The lowest BCUT2D eigenvalue weighted by atomic mass is 10.2. The number of pyridine rings is 1. The first-order valence-electron chi connectivity index (χ1n) is 6.50. The fourth-order valence-corrected chi connectivity index (χ4v) is 2.29. The molecule has 0 fully saturated rings. The first kappa shape index (κ1) is 14.6. The number of hydrazine groups is 1. The Morgan fingerprint density at radius 1 is 1.00 bits per heavy atom. The Morgan fingerprint density at radius 3 is 2.68 bits per heavy atom. The van der Waals surface area contributed by atoms with E-state index in [-0.39, 0.29) is 5.91 Å². The number of carbonyl (C=O) groups is 1. The quantitative estimate of drug-likeness (QED) is 0.703. The van der Waals surface area contributed by atoms with Crippen molar-refractivity contribution >= 4 is 45.7 Å². The molecule has 1 aromatic heterocycles. The van der Waals surface area contributed by atoms with Gasteiger partial charge in [-0.15, -0.1) is 0 Å². The van der Waals surface area contributed by atoms with Crippen LogP contribution < -0.4 is 10.9 Å². The molecule has 0 saturated carbocycles. The van der Waals surface area contributed by atoms with Crippen LogP contribution in [0.25, 0.3) is 10.9 Å². The third-order valence-corrected chi connectivity index (χ3v) is 3.84. The van der Waals surface area contributed by atoms with Crippen LogP contribution in [-0.2, 0) is 0 Å². The number of rotatable bonds is 3. The molecule has 0 atom stereocenters. The number of nitrogens with one attached hydrogen (secondary N) is 2. The largest absolute Gasteiger partial charge is 0.298 e. The molecule has 1 heterocycles. The molecule has 22 heavy (non-hydrogen) atoms. The van der Waals surface area contributed by atoms with Crippen LogP contribution in [-0.4, -0.2) is 10.9 Å². The van der Waals surface area contributed by atoms with Crippen LogP contribution in [0.4, 0.5) is 5.69 Å². The lowest BCUT2D eigenvalue weighted by molar-refractivity contribution is 0.0962. The molecule has 0 aliphatic heterocycles. The molecular weight excluding hydrogens is 321 g/mol. The number of hydrogen-bond acceptors (Lipinski definition) is 3. The Balaban J connectivity index is 1.72. The number of amides is 1. The van der Waals surface area contributed by atoms with E-state index in [4.69, 9.17) is 23.2 Å². The van der Waals surface area contributed by atoms with Crippen LogP contribution in [0.2, 0.25) is 10.0 Å². The highest BCUT2D eigenvalue weighted by atomic mass is 35.5. The number of benzene rings is 2. The lowest BCUT2D eigenvalue weighted by Crippen LogP contribution is -2.29. The van der Waals surface area contributed by atoms with Crippen molar-refractivity contribution in [2.24, 2.45) is 0 Å². The molecule has 0 aliphatic carbocycles. The standard InChI is InChI=1S/C16H11Cl2N3O/c17-13-5-3-11(9-14(13)18)16(22)21-20-12-4-6-15-10(8-12)2-1-7-19-15/h1-9,20H,(H,21,22). The Bertz CT molecular complexity index is 852. The normalized spacial score (nSPS) is 10.5. The zero-order valence-corrected chi connectivity index (χ0v) is 12.8. The van der Waals surface area contributed by atoms with E-state index >= 15 is 0 Å². The van der Waals surface area contributed by atoms with Crippen molar-refractivity contribution in [2.45, 2.75) is 0 Å². The van der Waals surface area contributed by atoms with Gasteiger partial charge in [-0.1, -0.05) is 29.3 Å². The maximum atomic E-state index is 12.1. The minimum atomic E-state index is -0.301. The molecular formula is C16H11Cl2N3O. The molecule has 1 amide bonds. The summed E-state index contributed by atoms with van der Waals surface area (Å²) >= 11 is 11.7. The maximum Gasteiger partial charge on any atom is 0.269 e. The monoisotopic (exact) mass is 331 g/mol. The summed E-state index contributed by atoms with van der Waals surface area (Å²) in [5.41, 5.74) is 7.55. The van der Waals surface area contributed by atoms with Crippen molar-refractivity contribution < 1.29 is 4.79 Å². The van der Waals surface area contributed by atoms with E-state index < -0.39 is 0 Å². The SMILES string of the molecule is O=C(NNc1ccc2ncccc2c1)c1ccc(Cl)c(Cl)c1. The fraction of sp³-hybridized carbons (Fsp3) is 0. The number of aromatic nitrogens is 1. The summed E-state index contributed by atoms with van der Waals surface area (Å²) in [6, 6.07) is 14.1. The van der Waals surface area contributed by atoms with Crippen molar-refractivity contribution in [3.05, 3.63) is 70.3 Å². The molecule has 0 bridgehead atoms. The second-order valence-corrected chi connectivity index (χ2v) is 5.43. The van der Waals surface area contributed by atoms with Gasteiger partial charge in [-0.05, 0) is 42.5 Å². The van der Waals surface area contributed by atoms with E-state index in [1.807, 2.05) is 30.3 Å². The zero-order chi connectivity index (χ0) is 15.5. The molecule has 0 unspecified atom stereocenters. The summed E-state index contributed by atoms with van der Waals surface area (Å²) < 4.78 is 0. The van der Waals surface area contributed by atoms with Crippen molar-refractivity contribution in [1.29, 1.82) is 0 Å². The van der Waals surface area contributed by atoms with Crippen LogP contribution >= 0.6 is 23.2 Å². The van der Waals surface area contributed by atoms with Crippen molar-refractivity contribution in [3.63, 3.8) is 0 Å². The summed E-state index contributed by atoms with van der Waals surface area (Å²) in [7, 11) is 0. The van der Waals surface area contributed by atoms with Crippen molar-refractivity contribution in [2.75, 3.05) is 5.43 Å². The molecule has 3 rings (SSSR count). The zero-order valence-electron chi connectivity index (χ0n) is 11.3. The highest BCUT2D eigenvalue weighted by Gasteiger charge is 2.07. The second-order valence-electron chi connectivity index (χ2n) is 4.62. The predicted octanol–water partition coefficient (Wildman–Crippen LogP) is 4.30. The molecule has 3 aromatic rings. The fourth-order valence-electron chi connectivity index (χ4n) is 1.99. The van der Waals surface area contributed by atoms with Gasteiger partial charge in [-0.25, -0.2) is 0 Å². The molecule has 2 aromatic carbocycles. The number of fused-ring (bicyclic) bond motifs is 1. The van der Waals surface area contributed by atoms with Crippen LogP contribution in [0, 0.1) is 0 Å². The first-order chi connectivity index (χ1) is 10.6. The molecule has 0 aliphatic rings. The molecule has 2 N–H and O–H groups in total. The van der Waals surface area contributed by atoms with Gasteiger partial charge >= 0.3 is 0 Å². The van der Waals surface area contributed by atoms with Crippen LogP contribution in [0.5, 0.6) is 0 Å². The van der Waals surface area contributed by atoms with Gasteiger partial charge in [0.2, 0.25) is 0 Å². The van der Waals surface area contributed by atoms with E-state index in [1.165, 1.54) is 6.07 Å². The number of anilines is 1. The third-order valence-electron chi connectivity index (χ3n) is 3.11. The lowest BCUT2D eigenvalue weighted by Gasteiger charge is -2.09. The second kappa shape index (κ2) is 6.22. The average molecular weight is 332 g/mol. The smallest absolute Gasteiger partial charge is 0.269 e. The van der Waals surface area contributed by atoms with Gasteiger partial charge < -0.3 is 0 Å². The molecule has 0 radical (unpaired) electrons. The van der Waals surface area contributed by atoms with Crippen LogP contribution in [0.15, 0.2) is 54.7 Å². The first-order valence-corrected chi connectivity index (χ1v) is 7.25. The molecule has 6 heteroatoms. The summed E-state index contributed by atoms with van der Waals surface area (Å²) in [5.74, 6) is -0.301. The summed E-state index contributed by atoms with van der Waals surface area (Å²) in [6.45, 7) is 0. The summed E-state index contributed by atoms with van der Waals surface area (Å²) in [5, 5.41) is 1.73. The van der Waals surface area contributed by atoms with Gasteiger partial charge in [-0.2, -0.15) is 0 Å². The maximum absolute atomic E-state index is 12.1. The van der Waals surface area contributed by atoms with Gasteiger partial charge in [-0.3, -0.25) is 20.6 Å². The molecule has 0 spiro atoms. The van der Waals surface area contributed by atoms with E-state index in [1.54, 1.807) is 18.3 Å².